The van der Waals surface area contributed by atoms with Crippen molar-refractivity contribution in [3.63, 3.8) is 0 Å². The van der Waals surface area contributed by atoms with E-state index < -0.39 is 11.8 Å². The van der Waals surface area contributed by atoms with E-state index in [4.69, 9.17) is 16.3 Å². The second-order valence-electron chi connectivity index (χ2n) is 4.82. The summed E-state index contributed by atoms with van der Waals surface area (Å²) >= 11 is 5.74. The zero-order chi connectivity index (χ0) is 18.2. The van der Waals surface area contributed by atoms with Gasteiger partial charge in [-0.15, -0.1) is 0 Å². The molecule has 0 saturated carbocycles. The van der Waals surface area contributed by atoms with E-state index in [2.05, 4.69) is 15.8 Å². The summed E-state index contributed by atoms with van der Waals surface area (Å²) in [6.45, 7) is 2.19. The minimum absolute atomic E-state index is 0.00498. The predicted molar refractivity (Wildman–Crippen MR) is 95.1 cm³/mol. The molecule has 130 valence electrons. The SMILES string of the molecule is CCOc1cc(C=NNC(=O)C(=O)Nc2ccc(Cl)cc2)ccc1O. The Kier molecular flexibility index (Phi) is 6.36. The number of carbonyl (C=O) groups is 2. The van der Waals surface area contributed by atoms with Crippen molar-refractivity contribution in [1.29, 1.82) is 0 Å². The first kappa shape index (κ1) is 18.3. The van der Waals surface area contributed by atoms with Gasteiger partial charge in [0.15, 0.2) is 11.5 Å². The van der Waals surface area contributed by atoms with Crippen LogP contribution in [0.1, 0.15) is 12.5 Å². The van der Waals surface area contributed by atoms with E-state index in [1.54, 1.807) is 43.3 Å². The van der Waals surface area contributed by atoms with Crippen molar-refractivity contribution < 1.29 is 19.4 Å². The fourth-order valence-electron chi connectivity index (χ4n) is 1.82. The molecule has 0 spiro atoms. The van der Waals surface area contributed by atoms with E-state index in [-0.39, 0.29) is 5.75 Å². The maximum Gasteiger partial charge on any atom is 0.329 e. The fourth-order valence-corrected chi connectivity index (χ4v) is 1.95. The number of hydrogen-bond donors (Lipinski definition) is 3. The zero-order valence-corrected chi connectivity index (χ0v) is 14.1. The molecule has 0 radical (unpaired) electrons. The number of amides is 2. The first-order chi connectivity index (χ1) is 12.0. The monoisotopic (exact) mass is 361 g/mol. The van der Waals surface area contributed by atoms with E-state index in [1.165, 1.54) is 12.3 Å². The summed E-state index contributed by atoms with van der Waals surface area (Å²) in [5, 5.41) is 16.2. The van der Waals surface area contributed by atoms with Crippen molar-refractivity contribution in [2.45, 2.75) is 6.92 Å². The third-order valence-electron chi connectivity index (χ3n) is 2.97. The van der Waals surface area contributed by atoms with Gasteiger partial charge >= 0.3 is 11.8 Å². The maximum atomic E-state index is 11.7. The van der Waals surface area contributed by atoms with Gasteiger partial charge in [0, 0.05) is 10.7 Å². The van der Waals surface area contributed by atoms with Crippen LogP contribution in [0.4, 0.5) is 5.69 Å². The van der Waals surface area contributed by atoms with Crippen LogP contribution in [0.5, 0.6) is 11.5 Å². The van der Waals surface area contributed by atoms with Crippen LogP contribution in [0.3, 0.4) is 0 Å². The van der Waals surface area contributed by atoms with Gasteiger partial charge < -0.3 is 15.2 Å². The van der Waals surface area contributed by atoms with Crippen LogP contribution in [0.25, 0.3) is 0 Å². The Morgan fingerprint density at radius 3 is 2.60 bits per heavy atom. The first-order valence-corrected chi connectivity index (χ1v) is 7.73. The van der Waals surface area contributed by atoms with E-state index in [9.17, 15) is 14.7 Å². The summed E-state index contributed by atoms with van der Waals surface area (Å²) < 4.78 is 5.25. The van der Waals surface area contributed by atoms with Crippen LogP contribution >= 0.6 is 11.6 Å². The Hall–Kier alpha value is -3.06. The standard InChI is InChI=1S/C17H16ClN3O4/c1-2-25-15-9-11(3-8-14(15)22)10-19-21-17(24)16(23)20-13-6-4-12(18)5-7-13/h3-10,22H,2H2,1H3,(H,20,23)(H,21,24). The first-order valence-electron chi connectivity index (χ1n) is 7.35. The number of anilines is 1. The van der Waals surface area contributed by atoms with Gasteiger partial charge in [-0.25, -0.2) is 5.43 Å². The van der Waals surface area contributed by atoms with Crippen molar-refractivity contribution in [1.82, 2.24) is 5.43 Å². The molecule has 0 aliphatic heterocycles. The van der Waals surface area contributed by atoms with Gasteiger partial charge in [-0.05, 0) is 55.0 Å². The van der Waals surface area contributed by atoms with Gasteiger partial charge in [-0.2, -0.15) is 5.10 Å². The lowest BCUT2D eigenvalue weighted by atomic mass is 10.2. The van der Waals surface area contributed by atoms with Gasteiger partial charge in [0.2, 0.25) is 0 Å². The van der Waals surface area contributed by atoms with Gasteiger partial charge in [-0.3, -0.25) is 9.59 Å². The Labute approximate surface area is 149 Å². The highest BCUT2D eigenvalue weighted by molar-refractivity contribution is 6.39. The highest BCUT2D eigenvalue weighted by Crippen LogP contribution is 2.26. The molecule has 3 N–H and O–H groups in total. The van der Waals surface area contributed by atoms with E-state index in [0.717, 1.165) is 0 Å². The minimum Gasteiger partial charge on any atom is -0.504 e. The number of phenols is 1. The Morgan fingerprint density at radius 2 is 1.92 bits per heavy atom. The van der Waals surface area contributed by atoms with Crippen LogP contribution < -0.4 is 15.5 Å². The topological polar surface area (TPSA) is 100 Å². The highest BCUT2D eigenvalue weighted by Gasteiger charge is 2.12. The van der Waals surface area contributed by atoms with Crippen molar-refractivity contribution in [3.8, 4) is 11.5 Å². The Balaban J connectivity index is 1.92. The molecule has 25 heavy (non-hydrogen) atoms. The Morgan fingerprint density at radius 1 is 1.20 bits per heavy atom. The summed E-state index contributed by atoms with van der Waals surface area (Å²) in [5.41, 5.74) is 3.14. The molecule has 0 bridgehead atoms. The van der Waals surface area contributed by atoms with Crippen LogP contribution in [-0.4, -0.2) is 29.7 Å². The highest BCUT2D eigenvalue weighted by atomic mass is 35.5. The van der Waals surface area contributed by atoms with Crippen molar-refractivity contribution in [2.75, 3.05) is 11.9 Å². The second kappa shape index (κ2) is 8.70. The molecule has 0 saturated heterocycles. The molecule has 0 aliphatic carbocycles. The normalized spacial score (nSPS) is 10.5. The summed E-state index contributed by atoms with van der Waals surface area (Å²) in [5.74, 6) is -1.47. The van der Waals surface area contributed by atoms with Gasteiger partial charge in [-0.1, -0.05) is 11.6 Å². The molecular formula is C17H16ClN3O4. The molecule has 0 fully saturated rings. The fraction of sp³-hybridized carbons (Fsp3) is 0.118. The molecule has 0 unspecified atom stereocenters. The second-order valence-corrected chi connectivity index (χ2v) is 5.26. The molecular weight excluding hydrogens is 346 g/mol. The third kappa shape index (κ3) is 5.50. The molecule has 0 aliphatic rings. The summed E-state index contributed by atoms with van der Waals surface area (Å²) in [6.07, 6.45) is 1.33. The van der Waals surface area contributed by atoms with Gasteiger partial charge in [0.25, 0.3) is 0 Å². The van der Waals surface area contributed by atoms with Crippen LogP contribution in [0, 0.1) is 0 Å². The number of halogens is 1. The number of phenolic OH excluding ortho intramolecular Hbond substituents is 1. The largest absolute Gasteiger partial charge is 0.504 e. The molecule has 2 aromatic rings. The number of nitrogens with one attached hydrogen (secondary N) is 2. The van der Waals surface area contributed by atoms with Gasteiger partial charge in [0.05, 0.1) is 12.8 Å². The van der Waals surface area contributed by atoms with Crippen LogP contribution in [0.15, 0.2) is 47.6 Å². The summed E-state index contributed by atoms with van der Waals surface area (Å²) in [7, 11) is 0. The molecule has 0 heterocycles. The van der Waals surface area contributed by atoms with E-state index in [1.807, 2.05) is 0 Å². The van der Waals surface area contributed by atoms with Crippen molar-refractivity contribution in [2.24, 2.45) is 5.10 Å². The number of hydrazone groups is 1. The van der Waals surface area contributed by atoms with Gasteiger partial charge in [0.1, 0.15) is 0 Å². The lowest BCUT2D eigenvalue weighted by molar-refractivity contribution is -0.136. The quantitative estimate of drug-likeness (QED) is 0.433. The number of hydrogen-bond acceptors (Lipinski definition) is 5. The Bertz CT molecular complexity index is 791. The zero-order valence-electron chi connectivity index (χ0n) is 13.3. The number of nitrogens with zero attached hydrogens (tertiary/aromatic N) is 1. The molecule has 8 heteroatoms. The molecule has 2 aromatic carbocycles. The molecule has 2 rings (SSSR count). The summed E-state index contributed by atoms with van der Waals surface area (Å²) in [6, 6.07) is 10.9. The average molecular weight is 362 g/mol. The number of carbonyl (C=O) groups excluding carboxylic acids is 2. The van der Waals surface area contributed by atoms with E-state index in [0.29, 0.717) is 28.6 Å². The average Bonchev–Trinajstić information content (AvgIpc) is 2.59. The predicted octanol–water partition coefficient (Wildman–Crippen LogP) is 2.53. The van der Waals surface area contributed by atoms with Crippen molar-refractivity contribution >= 4 is 35.3 Å². The molecule has 7 nitrogen and oxygen atoms in total. The third-order valence-corrected chi connectivity index (χ3v) is 3.22. The number of rotatable bonds is 5. The number of aromatic hydroxyl groups is 1. The summed E-state index contributed by atoms with van der Waals surface area (Å²) in [4.78, 5) is 23.4. The number of ether oxygens (including phenoxy) is 1. The van der Waals surface area contributed by atoms with Crippen LogP contribution in [-0.2, 0) is 9.59 Å². The maximum absolute atomic E-state index is 11.7. The number of benzene rings is 2. The lowest BCUT2D eigenvalue weighted by Gasteiger charge is -2.06. The minimum atomic E-state index is -0.921. The van der Waals surface area contributed by atoms with Crippen molar-refractivity contribution in [3.05, 3.63) is 53.1 Å². The molecule has 0 aromatic heterocycles. The molecule has 2 amide bonds. The van der Waals surface area contributed by atoms with E-state index >= 15 is 0 Å². The van der Waals surface area contributed by atoms with Crippen LogP contribution in [0.2, 0.25) is 5.02 Å². The molecule has 0 atom stereocenters. The lowest BCUT2D eigenvalue weighted by Crippen LogP contribution is -2.32. The smallest absolute Gasteiger partial charge is 0.329 e.